The van der Waals surface area contributed by atoms with Crippen molar-refractivity contribution in [2.45, 2.75) is 25.8 Å². The van der Waals surface area contributed by atoms with Gasteiger partial charge >= 0.3 is 0 Å². The average Bonchev–Trinajstić information content (AvgIpc) is 3.52. The van der Waals surface area contributed by atoms with Crippen LogP contribution < -0.4 is 10.1 Å². The summed E-state index contributed by atoms with van der Waals surface area (Å²) in [6.07, 6.45) is 4.14. The molecule has 9 heteroatoms. The van der Waals surface area contributed by atoms with E-state index >= 15 is 0 Å². The van der Waals surface area contributed by atoms with E-state index in [1.165, 1.54) is 37.1 Å². The second-order valence-corrected chi connectivity index (χ2v) is 8.19. The minimum Gasteiger partial charge on any atom is -0.484 e. The highest BCUT2D eigenvalue weighted by atomic mass is 19.1. The van der Waals surface area contributed by atoms with E-state index in [4.69, 9.17) is 4.74 Å². The molecule has 166 valence electrons. The third-order valence-electron chi connectivity index (χ3n) is 5.90. The number of carbonyl (C=O) groups is 2. The van der Waals surface area contributed by atoms with Gasteiger partial charge in [0, 0.05) is 32.2 Å². The maximum atomic E-state index is 12.9. The summed E-state index contributed by atoms with van der Waals surface area (Å²) < 4.78 is 20.3. The Balaban J connectivity index is 1.19. The van der Waals surface area contributed by atoms with Crippen molar-refractivity contribution in [3.05, 3.63) is 42.3 Å². The number of hydrogen-bond acceptors (Lipinski definition) is 5. The van der Waals surface area contributed by atoms with Crippen LogP contribution in [-0.2, 0) is 9.59 Å². The highest BCUT2D eigenvalue weighted by Gasteiger charge is 2.31. The quantitative estimate of drug-likeness (QED) is 0.696. The van der Waals surface area contributed by atoms with Gasteiger partial charge in [0.2, 0.25) is 5.91 Å². The summed E-state index contributed by atoms with van der Waals surface area (Å²) in [5.41, 5.74) is 0. The fourth-order valence-corrected chi connectivity index (χ4v) is 3.82. The Morgan fingerprint density at radius 1 is 1.16 bits per heavy atom. The molecule has 1 aliphatic heterocycles. The molecule has 8 nitrogen and oxygen atoms in total. The molecule has 0 bridgehead atoms. The minimum atomic E-state index is -0.347. The van der Waals surface area contributed by atoms with E-state index in [1.54, 1.807) is 11.1 Å². The van der Waals surface area contributed by atoms with Crippen LogP contribution in [0.1, 0.15) is 25.8 Å². The number of anilines is 1. The van der Waals surface area contributed by atoms with Crippen LogP contribution >= 0.6 is 0 Å². The monoisotopic (exact) mass is 429 g/mol. The molecule has 1 aromatic heterocycles. The minimum absolute atomic E-state index is 0.0795. The molecule has 2 aromatic rings. The molecule has 31 heavy (non-hydrogen) atoms. The number of rotatable bonds is 8. The van der Waals surface area contributed by atoms with Crippen LogP contribution in [0.2, 0.25) is 0 Å². The van der Waals surface area contributed by atoms with Crippen LogP contribution in [0.25, 0.3) is 0 Å². The molecule has 2 heterocycles. The van der Waals surface area contributed by atoms with Gasteiger partial charge in [0.05, 0.1) is 18.8 Å². The first-order valence-electron chi connectivity index (χ1n) is 10.7. The number of halogens is 1. The topological polar surface area (TPSA) is 79.7 Å². The number of carbonyl (C=O) groups excluding carboxylic acids is 2. The lowest BCUT2D eigenvalue weighted by Crippen LogP contribution is -2.51. The van der Waals surface area contributed by atoms with Gasteiger partial charge in [-0.1, -0.05) is 0 Å². The van der Waals surface area contributed by atoms with Crippen LogP contribution in [0, 0.1) is 11.7 Å². The molecule has 1 saturated heterocycles. The smallest absolute Gasteiger partial charge is 0.260 e. The predicted molar refractivity (Wildman–Crippen MR) is 113 cm³/mol. The molecule has 1 aromatic carbocycles. The van der Waals surface area contributed by atoms with E-state index in [0.29, 0.717) is 37.8 Å². The van der Waals surface area contributed by atoms with Crippen molar-refractivity contribution in [3.63, 3.8) is 0 Å². The first-order chi connectivity index (χ1) is 15.0. The van der Waals surface area contributed by atoms with Crippen LogP contribution in [0.4, 0.5) is 10.2 Å². The lowest BCUT2D eigenvalue weighted by Gasteiger charge is -2.34. The molecular weight excluding hydrogens is 401 g/mol. The second-order valence-electron chi connectivity index (χ2n) is 8.19. The third kappa shape index (κ3) is 5.61. The van der Waals surface area contributed by atoms with Crippen molar-refractivity contribution in [1.82, 2.24) is 19.6 Å². The Morgan fingerprint density at radius 2 is 1.87 bits per heavy atom. The van der Waals surface area contributed by atoms with Crippen molar-refractivity contribution in [2.75, 3.05) is 44.6 Å². The number of piperazine rings is 1. The summed E-state index contributed by atoms with van der Waals surface area (Å²) in [5.74, 6) is 1.29. The van der Waals surface area contributed by atoms with Gasteiger partial charge in [-0.05, 0) is 49.9 Å². The largest absolute Gasteiger partial charge is 0.484 e. The van der Waals surface area contributed by atoms with E-state index < -0.39 is 0 Å². The first-order valence-corrected chi connectivity index (χ1v) is 10.7. The fraction of sp³-hybridized carbons (Fsp3) is 0.500. The standard InChI is InChI=1S/C22H28FN5O3/c1-16(17-2-3-17)28-20(8-9-24-28)25-21(29)14-26-10-12-27(13-11-26)22(30)15-31-19-6-4-18(23)5-7-19/h4-9,16-17H,2-3,10-15H2,1H3,(H,25,29). The van der Waals surface area contributed by atoms with Crippen LogP contribution in [0.5, 0.6) is 5.75 Å². The first kappa shape index (κ1) is 21.3. The molecule has 1 aliphatic carbocycles. The molecule has 1 atom stereocenters. The van der Waals surface area contributed by atoms with E-state index in [2.05, 4.69) is 17.3 Å². The van der Waals surface area contributed by atoms with Crippen molar-refractivity contribution >= 4 is 17.6 Å². The molecule has 1 N–H and O–H groups in total. The Labute approximate surface area is 180 Å². The molecule has 0 spiro atoms. The van der Waals surface area contributed by atoms with Gasteiger partial charge in [-0.25, -0.2) is 9.07 Å². The van der Waals surface area contributed by atoms with Gasteiger partial charge in [0.15, 0.2) is 6.61 Å². The van der Waals surface area contributed by atoms with E-state index in [9.17, 15) is 14.0 Å². The number of hydrogen-bond donors (Lipinski definition) is 1. The molecule has 2 fully saturated rings. The number of nitrogens with one attached hydrogen (secondary N) is 1. The van der Waals surface area contributed by atoms with Crippen LogP contribution in [0.3, 0.4) is 0 Å². The summed E-state index contributed by atoms with van der Waals surface area (Å²) in [6, 6.07) is 7.70. The Hall–Kier alpha value is -2.94. The fourth-order valence-electron chi connectivity index (χ4n) is 3.82. The normalized spacial score (nSPS) is 17.9. The molecule has 2 amide bonds. The number of aromatic nitrogens is 2. The van der Waals surface area contributed by atoms with Crippen molar-refractivity contribution in [3.8, 4) is 5.75 Å². The third-order valence-corrected chi connectivity index (χ3v) is 5.90. The van der Waals surface area contributed by atoms with Crippen molar-refractivity contribution < 1.29 is 18.7 Å². The Bertz CT molecular complexity index is 904. The summed E-state index contributed by atoms with van der Waals surface area (Å²) in [6.45, 7) is 4.63. The van der Waals surface area contributed by atoms with Crippen molar-refractivity contribution in [2.24, 2.45) is 5.92 Å². The highest BCUT2D eigenvalue weighted by molar-refractivity contribution is 5.91. The molecule has 1 unspecified atom stereocenters. The van der Waals surface area contributed by atoms with Gasteiger partial charge in [0.25, 0.3) is 5.91 Å². The summed E-state index contributed by atoms with van der Waals surface area (Å²) in [4.78, 5) is 28.6. The SMILES string of the molecule is CC(C1CC1)n1nccc1NC(=O)CN1CCN(C(=O)COc2ccc(F)cc2)CC1. The average molecular weight is 429 g/mol. The summed E-state index contributed by atoms with van der Waals surface area (Å²) >= 11 is 0. The Kier molecular flexibility index (Phi) is 6.50. The number of benzene rings is 1. The number of amides is 2. The van der Waals surface area contributed by atoms with Gasteiger partial charge in [-0.2, -0.15) is 5.10 Å². The molecule has 2 aliphatic rings. The van der Waals surface area contributed by atoms with Crippen LogP contribution in [-0.4, -0.2) is 70.7 Å². The zero-order valence-corrected chi connectivity index (χ0v) is 17.7. The number of nitrogens with zero attached hydrogens (tertiary/aromatic N) is 4. The lowest BCUT2D eigenvalue weighted by molar-refractivity contribution is -0.135. The van der Waals surface area contributed by atoms with Crippen molar-refractivity contribution in [1.29, 1.82) is 0 Å². The zero-order valence-electron chi connectivity index (χ0n) is 17.7. The highest BCUT2D eigenvalue weighted by Crippen LogP contribution is 2.40. The van der Waals surface area contributed by atoms with E-state index in [0.717, 1.165) is 5.82 Å². The predicted octanol–water partition coefficient (Wildman–Crippen LogP) is 2.15. The second kappa shape index (κ2) is 9.47. The molecule has 1 saturated carbocycles. The molecular formula is C22H28FN5O3. The van der Waals surface area contributed by atoms with E-state index in [1.807, 2.05) is 15.6 Å². The Morgan fingerprint density at radius 3 is 2.55 bits per heavy atom. The maximum absolute atomic E-state index is 12.9. The van der Waals surface area contributed by atoms with Gasteiger partial charge in [0.1, 0.15) is 17.4 Å². The van der Waals surface area contributed by atoms with E-state index in [-0.39, 0.29) is 36.8 Å². The molecule has 4 rings (SSSR count). The zero-order chi connectivity index (χ0) is 21.8. The summed E-state index contributed by atoms with van der Waals surface area (Å²) in [7, 11) is 0. The van der Waals surface area contributed by atoms with Gasteiger partial charge in [-0.15, -0.1) is 0 Å². The maximum Gasteiger partial charge on any atom is 0.260 e. The van der Waals surface area contributed by atoms with Gasteiger partial charge < -0.3 is 15.0 Å². The molecule has 0 radical (unpaired) electrons. The van der Waals surface area contributed by atoms with Crippen LogP contribution in [0.15, 0.2) is 36.5 Å². The van der Waals surface area contributed by atoms with Gasteiger partial charge in [-0.3, -0.25) is 14.5 Å². The summed E-state index contributed by atoms with van der Waals surface area (Å²) in [5, 5.41) is 7.33. The lowest BCUT2D eigenvalue weighted by atomic mass is 10.2. The number of ether oxygens (including phenoxy) is 1.